The third kappa shape index (κ3) is 1.98. The van der Waals surface area contributed by atoms with E-state index in [1.165, 1.54) is 0 Å². The lowest BCUT2D eigenvalue weighted by Crippen LogP contribution is -2.02. The molecule has 4 nitrogen and oxygen atoms in total. The zero-order chi connectivity index (χ0) is 12.4. The quantitative estimate of drug-likeness (QED) is 0.758. The molecule has 0 amide bonds. The smallest absolute Gasteiger partial charge is 0.0962 e. The van der Waals surface area contributed by atoms with Gasteiger partial charge in [0, 0.05) is 12.7 Å². The molecular formula is C14H14N4. The van der Waals surface area contributed by atoms with Crippen LogP contribution in [0.3, 0.4) is 0 Å². The van der Waals surface area contributed by atoms with Gasteiger partial charge in [0.2, 0.25) is 0 Å². The molecule has 0 atom stereocenters. The molecule has 18 heavy (non-hydrogen) atoms. The van der Waals surface area contributed by atoms with Crippen LogP contribution < -0.4 is 5.73 Å². The molecule has 3 aromatic rings. The number of hydrogen-bond acceptors (Lipinski definition) is 3. The van der Waals surface area contributed by atoms with Gasteiger partial charge in [0.05, 0.1) is 29.6 Å². The van der Waals surface area contributed by atoms with E-state index >= 15 is 0 Å². The van der Waals surface area contributed by atoms with Gasteiger partial charge in [0.1, 0.15) is 0 Å². The highest BCUT2D eigenvalue weighted by atomic mass is 15.0. The highest BCUT2D eigenvalue weighted by Crippen LogP contribution is 2.13. The SMILES string of the molecule is NCc1ccc(Cn2cnc3ccccc32)nc1. The number of hydrogen-bond donors (Lipinski definition) is 1. The number of aromatic nitrogens is 3. The number of rotatable bonds is 3. The summed E-state index contributed by atoms with van der Waals surface area (Å²) in [5.74, 6) is 0. The van der Waals surface area contributed by atoms with Crippen LogP contribution in [0.25, 0.3) is 11.0 Å². The van der Waals surface area contributed by atoms with Crippen molar-refractivity contribution < 1.29 is 0 Å². The Morgan fingerprint density at radius 1 is 1.06 bits per heavy atom. The molecule has 0 fully saturated rings. The molecule has 0 saturated carbocycles. The molecule has 2 N–H and O–H groups in total. The van der Waals surface area contributed by atoms with Crippen molar-refractivity contribution >= 4 is 11.0 Å². The van der Waals surface area contributed by atoms with Crippen molar-refractivity contribution in [3.05, 3.63) is 60.2 Å². The Labute approximate surface area is 105 Å². The number of para-hydroxylation sites is 2. The summed E-state index contributed by atoms with van der Waals surface area (Å²) < 4.78 is 2.10. The Balaban J connectivity index is 1.91. The first-order chi connectivity index (χ1) is 8.86. The van der Waals surface area contributed by atoms with Gasteiger partial charge in [0.15, 0.2) is 0 Å². The minimum absolute atomic E-state index is 0.529. The summed E-state index contributed by atoms with van der Waals surface area (Å²) >= 11 is 0. The number of nitrogens with two attached hydrogens (primary N) is 1. The summed E-state index contributed by atoms with van der Waals surface area (Å²) in [4.78, 5) is 8.77. The van der Waals surface area contributed by atoms with Crippen molar-refractivity contribution in [3.63, 3.8) is 0 Å². The molecule has 0 aliphatic heterocycles. The van der Waals surface area contributed by atoms with Crippen molar-refractivity contribution in [2.45, 2.75) is 13.1 Å². The van der Waals surface area contributed by atoms with E-state index in [9.17, 15) is 0 Å². The van der Waals surface area contributed by atoms with E-state index in [0.29, 0.717) is 6.54 Å². The topological polar surface area (TPSA) is 56.7 Å². The van der Waals surface area contributed by atoms with Gasteiger partial charge >= 0.3 is 0 Å². The van der Waals surface area contributed by atoms with Crippen LogP contribution in [0.2, 0.25) is 0 Å². The van der Waals surface area contributed by atoms with E-state index in [-0.39, 0.29) is 0 Å². The van der Waals surface area contributed by atoms with Crippen LogP contribution in [0.1, 0.15) is 11.3 Å². The van der Waals surface area contributed by atoms with E-state index in [2.05, 4.69) is 20.6 Å². The van der Waals surface area contributed by atoms with E-state index in [0.717, 1.165) is 28.8 Å². The fourth-order valence-corrected chi connectivity index (χ4v) is 1.98. The Morgan fingerprint density at radius 2 is 1.94 bits per heavy atom. The zero-order valence-electron chi connectivity index (χ0n) is 9.95. The molecule has 0 radical (unpaired) electrons. The molecule has 2 aromatic heterocycles. The lowest BCUT2D eigenvalue weighted by molar-refractivity contribution is 0.794. The average Bonchev–Trinajstić information content (AvgIpc) is 2.83. The predicted molar refractivity (Wildman–Crippen MR) is 71.0 cm³/mol. The van der Waals surface area contributed by atoms with Crippen molar-refractivity contribution in [1.82, 2.24) is 14.5 Å². The van der Waals surface area contributed by atoms with Crippen molar-refractivity contribution in [2.24, 2.45) is 5.73 Å². The second-order valence-electron chi connectivity index (χ2n) is 4.22. The lowest BCUT2D eigenvalue weighted by Gasteiger charge is -2.04. The molecular weight excluding hydrogens is 224 g/mol. The van der Waals surface area contributed by atoms with Gasteiger partial charge in [-0.25, -0.2) is 4.98 Å². The summed E-state index contributed by atoms with van der Waals surface area (Å²) in [5, 5.41) is 0. The molecule has 90 valence electrons. The van der Waals surface area contributed by atoms with Crippen molar-refractivity contribution in [1.29, 1.82) is 0 Å². The molecule has 0 spiro atoms. The van der Waals surface area contributed by atoms with Crippen LogP contribution >= 0.6 is 0 Å². The summed E-state index contributed by atoms with van der Waals surface area (Å²) in [5.41, 5.74) is 9.75. The van der Waals surface area contributed by atoms with Gasteiger partial charge in [-0.1, -0.05) is 18.2 Å². The molecule has 0 unspecified atom stereocenters. The minimum Gasteiger partial charge on any atom is -0.326 e. The molecule has 0 saturated heterocycles. The second-order valence-corrected chi connectivity index (χ2v) is 4.22. The van der Waals surface area contributed by atoms with E-state index in [1.807, 2.05) is 42.9 Å². The number of pyridine rings is 1. The second kappa shape index (κ2) is 4.58. The molecule has 1 aromatic carbocycles. The minimum atomic E-state index is 0.529. The average molecular weight is 238 g/mol. The summed E-state index contributed by atoms with van der Waals surface area (Å²) in [6, 6.07) is 12.1. The number of benzene rings is 1. The predicted octanol–water partition coefficient (Wildman–Crippen LogP) is 1.94. The van der Waals surface area contributed by atoms with Gasteiger partial charge < -0.3 is 10.3 Å². The van der Waals surface area contributed by atoms with Crippen molar-refractivity contribution in [2.75, 3.05) is 0 Å². The molecule has 2 heterocycles. The fraction of sp³-hybridized carbons (Fsp3) is 0.143. The van der Waals surface area contributed by atoms with Gasteiger partial charge in [-0.3, -0.25) is 4.98 Å². The number of fused-ring (bicyclic) bond motifs is 1. The third-order valence-corrected chi connectivity index (χ3v) is 2.98. The molecule has 4 heteroatoms. The summed E-state index contributed by atoms with van der Waals surface area (Å²) in [6.45, 7) is 1.26. The van der Waals surface area contributed by atoms with Crippen LogP contribution in [0.15, 0.2) is 48.9 Å². The first-order valence-electron chi connectivity index (χ1n) is 5.90. The zero-order valence-corrected chi connectivity index (χ0v) is 9.95. The first-order valence-corrected chi connectivity index (χ1v) is 5.90. The normalized spacial score (nSPS) is 10.9. The Kier molecular flexibility index (Phi) is 2.78. The molecule has 0 aliphatic carbocycles. The van der Waals surface area contributed by atoms with E-state index in [4.69, 9.17) is 5.73 Å². The van der Waals surface area contributed by atoms with Gasteiger partial charge in [-0.2, -0.15) is 0 Å². The van der Waals surface area contributed by atoms with E-state index < -0.39 is 0 Å². The van der Waals surface area contributed by atoms with Crippen LogP contribution in [0, 0.1) is 0 Å². The monoisotopic (exact) mass is 238 g/mol. The fourth-order valence-electron chi connectivity index (χ4n) is 1.98. The van der Waals surface area contributed by atoms with E-state index in [1.54, 1.807) is 0 Å². The third-order valence-electron chi connectivity index (χ3n) is 2.98. The number of imidazole rings is 1. The Morgan fingerprint density at radius 3 is 2.72 bits per heavy atom. The molecule has 3 rings (SSSR count). The Bertz CT molecular complexity index is 655. The van der Waals surface area contributed by atoms with Crippen molar-refractivity contribution in [3.8, 4) is 0 Å². The highest BCUT2D eigenvalue weighted by molar-refractivity contribution is 5.74. The summed E-state index contributed by atoms with van der Waals surface area (Å²) in [6.07, 6.45) is 3.68. The van der Waals surface area contributed by atoms with Crippen LogP contribution in [0.5, 0.6) is 0 Å². The maximum absolute atomic E-state index is 5.56. The molecule has 0 aliphatic rings. The highest BCUT2D eigenvalue weighted by Gasteiger charge is 2.02. The first kappa shape index (κ1) is 10.9. The van der Waals surface area contributed by atoms with Crippen LogP contribution in [-0.4, -0.2) is 14.5 Å². The van der Waals surface area contributed by atoms with Crippen LogP contribution in [0.4, 0.5) is 0 Å². The van der Waals surface area contributed by atoms with Gasteiger partial charge in [-0.05, 0) is 23.8 Å². The number of nitrogens with zero attached hydrogens (tertiary/aromatic N) is 3. The lowest BCUT2D eigenvalue weighted by atomic mass is 10.2. The van der Waals surface area contributed by atoms with Crippen LogP contribution in [-0.2, 0) is 13.1 Å². The maximum atomic E-state index is 5.56. The maximum Gasteiger partial charge on any atom is 0.0962 e. The Hall–Kier alpha value is -2.20. The van der Waals surface area contributed by atoms with Gasteiger partial charge in [0.25, 0.3) is 0 Å². The standard InChI is InChI=1S/C14H14N4/c15-7-11-5-6-12(16-8-11)9-18-10-17-13-3-1-2-4-14(13)18/h1-6,8,10H,7,9,15H2. The molecule has 0 bridgehead atoms. The van der Waals surface area contributed by atoms with Gasteiger partial charge in [-0.15, -0.1) is 0 Å². The summed E-state index contributed by atoms with van der Waals surface area (Å²) in [7, 11) is 0. The largest absolute Gasteiger partial charge is 0.326 e.